The van der Waals surface area contributed by atoms with E-state index in [1.807, 2.05) is 0 Å². The molecule has 1 heterocycles. The lowest BCUT2D eigenvalue weighted by molar-refractivity contribution is -0.0794. The Hall–Kier alpha value is -1.31. The highest BCUT2D eigenvalue weighted by molar-refractivity contribution is 7.89. The molecule has 17 heavy (non-hydrogen) atoms. The Labute approximate surface area is 99.8 Å². The van der Waals surface area contributed by atoms with Crippen molar-refractivity contribution in [3.8, 4) is 5.75 Å². The predicted molar refractivity (Wildman–Crippen MR) is 62.3 cm³/mol. The van der Waals surface area contributed by atoms with Gasteiger partial charge in [-0.1, -0.05) is 0 Å². The molecular weight excluding hydrogens is 244 g/mol. The summed E-state index contributed by atoms with van der Waals surface area (Å²) in [5.74, 6) is 0.480. The highest BCUT2D eigenvalue weighted by Crippen LogP contribution is 2.26. The molecule has 1 aliphatic heterocycles. The number of sulfonamides is 1. The van der Waals surface area contributed by atoms with Gasteiger partial charge in [0.1, 0.15) is 11.9 Å². The van der Waals surface area contributed by atoms with E-state index < -0.39 is 10.0 Å². The third kappa shape index (κ3) is 2.51. The first-order chi connectivity index (χ1) is 8.03. The summed E-state index contributed by atoms with van der Waals surface area (Å²) in [5.41, 5.74) is 6.04. The summed E-state index contributed by atoms with van der Waals surface area (Å²) in [5, 5.41) is 0. The molecule has 1 aromatic carbocycles. The fourth-order valence-corrected chi connectivity index (χ4v) is 2.15. The van der Waals surface area contributed by atoms with Gasteiger partial charge in [-0.2, -0.15) is 0 Å². The molecule has 6 nitrogen and oxygen atoms in total. The van der Waals surface area contributed by atoms with Crippen LogP contribution in [0.25, 0.3) is 0 Å². The largest absolute Gasteiger partial charge is 0.483 e. The van der Waals surface area contributed by atoms with Crippen molar-refractivity contribution < 1.29 is 17.9 Å². The van der Waals surface area contributed by atoms with Crippen LogP contribution >= 0.6 is 0 Å². The van der Waals surface area contributed by atoms with Gasteiger partial charge in [0.05, 0.1) is 23.8 Å². The predicted octanol–water partition coefficient (Wildman–Crippen LogP) is -0.0455. The van der Waals surface area contributed by atoms with Crippen LogP contribution in [0.5, 0.6) is 5.75 Å². The first-order valence-electron chi connectivity index (χ1n) is 5.10. The Bertz CT molecular complexity index is 511. The molecule has 0 aromatic heterocycles. The van der Waals surface area contributed by atoms with E-state index in [0.717, 1.165) is 0 Å². The van der Waals surface area contributed by atoms with Gasteiger partial charge in [0, 0.05) is 0 Å². The summed E-state index contributed by atoms with van der Waals surface area (Å²) in [4.78, 5) is 0.120. The molecule has 1 fully saturated rings. The zero-order valence-electron chi connectivity index (χ0n) is 9.34. The molecule has 1 aliphatic rings. The molecule has 0 saturated carbocycles. The molecule has 0 radical (unpaired) electrons. The highest BCUT2D eigenvalue weighted by Gasteiger charge is 2.21. The molecule has 0 spiro atoms. The van der Waals surface area contributed by atoms with Gasteiger partial charge in [0.2, 0.25) is 10.0 Å². The minimum Gasteiger partial charge on any atom is -0.483 e. The standard InChI is InChI=1S/C10H14N2O4S/c1-12-17(13,14)8-2-3-10(9(11)4-8)16-7-5-15-6-7/h2-4,7,12H,5-6,11H2,1H3. The van der Waals surface area contributed by atoms with Gasteiger partial charge in [-0.25, -0.2) is 13.1 Å². The van der Waals surface area contributed by atoms with Crippen molar-refractivity contribution in [1.29, 1.82) is 0 Å². The van der Waals surface area contributed by atoms with Crippen molar-refractivity contribution in [2.24, 2.45) is 0 Å². The Balaban J connectivity index is 2.22. The van der Waals surface area contributed by atoms with Crippen LogP contribution < -0.4 is 15.2 Å². The molecule has 0 atom stereocenters. The first-order valence-corrected chi connectivity index (χ1v) is 6.59. The summed E-state index contributed by atoms with van der Waals surface area (Å²) in [6, 6.07) is 4.38. The van der Waals surface area contributed by atoms with Gasteiger partial charge < -0.3 is 15.2 Å². The zero-order valence-corrected chi connectivity index (χ0v) is 10.2. The van der Waals surface area contributed by atoms with Gasteiger partial charge in [0.25, 0.3) is 0 Å². The minimum atomic E-state index is -3.47. The number of anilines is 1. The highest BCUT2D eigenvalue weighted by atomic mass is 32.2. The van der Waals surface area contributed by atoms with Crippen LogP contribution in [0.15, 0.2) is 23.1 Å². The minimum absolute atomic E-state index is 0.00376. The Kier molecular flexibility index (Phi) is 3.23. The summed E-state index contributed by atoms with van der Waals surface area (Å²) < 4.78 is 35.8. The molecule has 0 bridgehead atoms. The van der Waals surface area contributed by atoms with Gasteiger partial charge in [-0.05, 0) is 25.2 Å². The second kappa shape index (κ2) is 4.52. The second-order valence-corrected chi connectivity index (χ2v) is 5.57. The van der Waals surface area contributed by atoms with E-state index in [9.17, 15) is 8.42 Å². The molecule has 7 heteroatoms. The van der Waals surface area contributed by atoms with E-state index in [2.05, 4.69) is 4.72 Å². The van der Waals surface area contributed by atoms with E-state index in [1.54, 1.807) is 6.07 Å². The van der Waals surface area contributed by atoms with E-state index in [1.165, 1.54) is 19.2 Å². The molecule has 94 valence electrons. The maximum Gasteiger partial charge on any atom is 0.240 e. The van der Waals surface area contributed by atoms with Crippen LogP contribution in [0.1, 0.15) is 0 Å². The Morgan fingerprint density at radius 1 is 1.47 bits per heavy atom. The number of nitrogens with one attached hydrogen (secondary N) is 1. The Morgan fingerprint density at radius 2 is 2.18 bits per heavy atom. The smallest absolute Gasteiger partial charge is 0.240 e. The molecular formula is C10H14N2O4S. The molecule has 3 N–H and O–H groups in total. The number of rotatable bonds is 4. The first kappa shape index (κ1) is 12.2. The van der Waals surface area contributed by atoms with E-state index in [4.69, 9.17) is 15.2 Å². The van der Waals surface area contributed by atoms with Crippen molar-refractivity contribution in [3.05, 3.63) is 18.2 Å². The molecule has 0 amide bonds. The van der Waals surface area contributed by atoms with Gasteiger partial charge in [-0.3, -0.25) is 0 Å². The van der Waals surface area contributed by atoms with Crippen LogP contribution in [0.3, 0.4) is 0 Å². The average molecular weight is 258 g/mol. The lowest BCUT2D eigenvalue weighted by Gasteiger charge is -2.27. The van der Waals surface area contributed by atoms with Crippen LogP contribution in [-0.4, -0.2) is 34.8 Å². The second-order valence-electron chi connectivity index (χ2n) is 3.68. The molecule has 1 saturated heterocycles. The molecule has 2 rings (SSSR count). The quantitative estimate of drug-likeness (QED) is 0.739. The van der Waals surface area contributed by atoms with E-state index >= 15 is 0 Å². The maximum atomic E-state index is 11.5. The fourth-order valence-electron chi connectivity index (χ4n) is 1.38. The number of nitrogen functional groups attached to an aromatic ring is 1. The van der Waals surface area contributed by atoms with E-state index in [0.29, 0.717) is 24.7 Å². The fraction of sp³-hybridized carbons (Fsp3) is 0.400. The normalized spacial score (nSPS) is 16.5. The molecule has 0 unspecified atom stereocenters. The summed E-state index contributed by atoms with van der Waals surface area (Å²) in [7, 11) is -2.12. The Morgan fingerprint density at radius 3 is 2.65 bits per heavy atom. The van der Waals surface area contributed by atoms with Crippen LogP contribution in [0.4, 0.5) is 5.69 Å². The lowest BCUT2D eigenvalue weighted by Crippen LogP contribution is -2.38. The van der Waals surface area contributed by atoms with Gasteiger partial charge >= 0.3 is 0 Å². The SMILES string of the molecule is CNS(=O)(=O)c1ccc(OC2COC2)c(N)c1. The van der Waals surface area contributed by atoms with E-state index in [-0.39, 0.29) is 11.0 Å². The van der Waals surface area contributed by atoms with Crippen LogP contribution in [0, 0.1) is 0 Å². The van der Waals surface area contributed by atoms with Crippen molar-refractivity contribution in [2.75, 3.05) is 26.0 Å². The summed E-state index contributed by atoms with van der Waals surface area (Å²) >= 11 is 0. The van der Waals surface area contributed by atoms with Gasteiger partial charge in [-0.15, -0.1) is 0 Å². The van der Waals surface area contributed by atoms with Crippen molar-refractivity contribution in [1.82, 2.24) is 4.72 Å². The summed E-state index contributed by atoms with van der Waals surface area (Å²) in [6.45, 7) is 1.08. The number of nitrogens with two attached hydrogens (primary N) is 1. The molecule has 1 aromatic rings. The monoisotopic (exact) mass is 258 g/mol. The molecule has 0 aliphatic carbocycles. The van der Waals surface area contributed by atoms with Crippen LogP contribution in [0.2, 0.25) is 0 Å². The third-order valence-corrected chi connectivity index (χ3v) is 3.87. The number of benzene rings is 1. The summed E-state index contributed by atoms with van der Waals surface area (Å²) in [6.07, 6.45) is 0.00376. The van der Waals surface area contributed by atoms with Crippen LogP contribution in [-0.2, 0) is 14.8 Å². The topological polar surface area (TPSA) is 90.7 Å². The van der Waals surface area contributed by atoms with Gasteiger partial charge in [0.15, 0.2) is 0 Å². The zero-order chi connectivity index (χ0) is 12.5. The van der Waals surface area contributed by atoms with Crippen molar-refractivity contribution >= 4 is 15.7 Å². The lowest BCUT2D eigenvalue weighted by atomic mass is 10.2. The average Bonchev–Trinajstić information content (AvgIpc) is 2.25. The third-order valence-electron chi connectivity index (χ3n) is 2.46. The van der Waals surface area contributed by atoms with Crippen molar-refractivity contribution in [2.45, 2.75) is 11.0 Å². The van der Waals surface area contributed by atoms with Crippen molar-refractivity contribution in [3.63, 3.8) is 0 Å². The number of ether oxygens (including phenoxy) is 2. The number of hydrogen-bond donors (Lipinski definition) is 2. The maximum absolute atomic E-state index is 11.5. The number of hydrogen-bond acceptors (Lipinski definition) is 5.